The predicted octanol–water partition coefficient (Wildman–Crippen LogP) is 4.61. The van der Waals surface area contributed by atoms with Crippen LogP contribution in [0.2, 0.25) is 0 Å². The zero-order valence-corrected chi connectivity index (χ0v) is 14.1. The zero-order chi connectivity index (χ0) is 16.2. The van der Waals surface area contributed by atoms with Gasteiger partial charge in [-0.1, -0.05) is 39.8 Å². The number of Topliss-reactive ketones (excluding diaryl/α,β-unsaturated/α-hetero) is 1. The molecule has 0 spiro atoms. The molecule has 0 fully saturated rings. The first kappa shape index (κ1) is 15.9. The SMILES string of the molecule is O=C(CSc1nnc(-c2ccc(F)cc2)o1)c1cccc(Br)c1. The van der Waals surface area contributed by atoms with Gasteiger partial charge >= 0.3 is 0 Å². The summed E-state index contributed by atoms with van der Waals surface area (Å²) in [5.41, 5.74) is 1.24. The van der Waals surface area contributed by atoms with Crippen molar-refractivity contribution < 1.29 is 13.6 Å². The Labute approximate surface area is 144 Å². The van der Waals surface area contributed by atoms with Gasteiger partial charge in [0.15, 0.2) is 5.78 Å². The summed E-state index contributed by atoms with van der Waals surface area (Å²) < 4.78 is 19.2. The number of rotatable bonds is 5. The van der Waals surface area contributed by atoms with Crippen LogP contribution in [0.4, 0.5) is 4.39 Å². The van der Waals surface area contributed by atoms with E-state index in [1.165, 1.54) is 23.9 Å². The average molecular weight is 393 g/mol. The van der Waals surface area contributed by atoms with Crippen molar-refractivity contribution in [2.75, 3.05) is 5.75 Å². The van der Waals surface area contributed by atoms with Crippen LogP contribution >= 0.6 is 27.7 Å². The Hall–Kier alpha value is -1.99. The Morgan fingerprint density at radius 2 is 1.96 bits per heavy atom. The van der Waals surface area contributed by atoms with Crippen LogP contribution in [0.15, 0.2) is 62.6 Å². The van der Waals surface area contributed by atoms with Gasteiger partial charge in [-0.3, -0.25) is 4.79 Å². The van der Waals surface area contributed by atoms with Crippen LogP contribution in [-0.4, -0.2) is 21.7 Å². The van der Waals surface area contributed by atoms with Crippen LogP contribution in [0.25, 0.3) is 11.5 Å². The van der Waals surface area contributed by atoms with Crippen LogP contribution in [0.1, 0.15) is 10.4 Å². The minimum atomic E-state index is -0.331. The van der Waals surface area contributed by atoms with Gasteiger partial charge in [-0.05, 0) is 36.4 Å². The van der Waals surface area contributed by atoms with E-state index in [-0.39, 0.29) is 17.4 Å². The fraction of sp³-hybridized carbons (Fsp3) is 0.0625. The number of carbonyl (C=O) groups is 1. The highest BCUT2D eigenvalue weighted by Gasteiger charge is 2.12. The summed E-state index contributed by atoms with van der Waals surface area (Å²) in [6.07, 6.45) is 0. The van der Waals surface area contributed by atoms with Crippen molar-refractivity contribution in [2.45, 2.75) is 5.22 Å². The Morgan fingerprint density at radius 3 is 2.70 bits per heavy atom. The highest BCUT2D eigenvalue weighted by atomic mass is 79.9. The number of benzene rings is 2. The van der Waals surface area contributed by atoms with Crippen molar-refractivity contribution in [3.05, 3.63) is 64.4 Å². The Bertz CT molecular complexity index is 836. The number of carbonyl (C=O) groups excluding carboxylic acids is 1. The standard InChI is InChI=1S/C16H10BrFN2O2S/c17-12-3-1-2-11(8-12)14(21)9-23-16-20-19-15(22-16)10-4-6-13(18)7-5-10/h1-8H,9H2. The highest BCUT2D eigenvalue weighted by molar-refractivity contribution is 9.10. The molecule has 3 aromatic rings. The van der Waals surface area contributed by atoms with Crippen LogP contribution < -0.4 is 0 Å². The second-order valence-corrected chi connectivity index (χ2v) is 6.44. The molecule has 1 aromatic heterocycles. The number of ketones is 1. The number of nitrogens with zero attached hydrogens (tertiary/aromatic N) is 2. The van der Waals surface area contributed by atoms with Gasteiger partial charge in [-0.25, -0.2) is 4.39 Å². The van der Waals surface area contributed by atoms with E-state index in [9.17, 15) is 9.18 Å². The molecule has 0 N–H and O–H groups in total. The van der Waals surface area contributed by atoms with Crippen molar-refractivity contribution in [1.29, 1.82) is 0 Å². The van der Waals surface area contributed by atoms with Gasteiger partial charge in [0.05, 0.1) is 5.75 Å². The van der Waals surface area contributed by atoms with Gasteiger partial charge in [0, 0.05) is 15.6 Å². The fourth-order valence-electron chi connectivity index (χ4n) is 1.85. The molecule has 0 aliphatic heterocycles. The van der Waals surface area contributed by atoms with E-state index in [0.717, 1.165) is 4.47 Å². The summed E-state index contributed by atoms with van der Waals surface area (Å²) in [5, 5.41) is 8.09. The molecule has 0 atom stereocenters. The first-order valence-corrected chi connectivity index (χ1v) is 8.41. The molecule has 23 heavy (non-hydrogen) atoms. The molecule has 0 amide bonds. The van der Waals surface area contributed by atoms with E-state index in [1.807, 2.05) is 6.07 Å². The maximum absolute atomic E-state index is 12.9. The van der Waals surface area contributed by atoms with E-state index < -0.39 is 0 Å². The number of aromatic nitrogens is 2. The average Bonchev–Trinajstić information content (AvgIpc) is 3.02. The minimum Gasteiger partial charge on any atom is -0.411 e. The molecule has 0 aliphatic carbocycles. The third-order valence-corrected chi connectivity index (χ3v) is 4.28. The molecule has 2 aromatic carbocycles. The summed E-state index contributed by atoms with van der Waals surface area (Å²) in [6, 6.07) is 12.9. The minimum absolute atomic E-state index is 0.0298. The summed E-state index contributed by atoms with van der Waals surface area (Å²) in [6.45, 7) is 0. The summed E-state index contributed by atoms with van der Waals surface area (Å²) in [7, 11) is 0. The van der Waals surface area contributed by atoms with E-state index in [1.54, 1.807) is 30.3 Å². The largest absolute Gasteiger partial charge is 0.411 e. The molecular weight excluding hydrogens is 383 g/mol. The molecule has 0 aliphatic rings. The van der Waals surface area contributed by atoms with Gasteiger partial charge < -0.3 is 4.42 Å². The Kier molecular flexibility index (Phi) is 4.88. The number of hydrogen-bond acceptors (Lipinski definition) is 5. The quantitative estimate of drug-likeness (QED) is 0.468. The van der Waals surface area contributed by atoms with Gasteiger partial charge in [0.2, 0.25) is 5.89 Å². The maximum atomic E-state index is 12.9. The zero-order valence-electron chi connectivity index (χ0n) is 11.7. The smallest absolute Gasteiger partial charge is 0.277 e. The topological polar surface area (TPSA) is 56.0 Å². The Balaban J connectivity index is 1.65. The second kappa shape index (κ2) is 7.06. The van der Waals surface area contributed by atoms with Crippen molar-refractivity contribution in [1.82, 2.24) is 10.2 Å². The van der Waals surface area contributed by atoms with Crippen LogP contribution in [0.3, 0.4) is 0 Å². The van der Waals surface area contributed by atoms with Crippen molar-refractivity contribution in [2.24, 2.45) is 0 Å². The normalized spacial score (nSPS) is 10.7. The first-order valence-electron chi connectivity index (χ1n) is 6.63. The summed E-state index contributed by atoms with van der Waals surface area (Å²) >= 11 is 4.50. The van der Waals surface area contributed by atoms with Crippen molar-refractivity contribution in [3.8, 4) is 11.5 Å². The molecule has 0 unspecified atom stereocenters. The molecule has 116 valence electrons. The molecule has 0 saturated carbocycles. The van der Waals surface area contributed by atoms with Crippen LogP contribution in [-0.2, 0) is 0 Å². The summed E-state index contributed by atoms with van der Waals surface area (Å²) in [5.74, 6) is 0.129. The van der Waals surface area contributed by atoms with Crippen LogP contribution in [0.5, 0.6) is 0 Å². The van der Waals surface area contributed by atoms with Gasteiger partial charge in [0.1, 0.15) is 5.82 Å². The number of hydrogen-bond donors (Lipinski definition) is 0. The molecule has 0 radical (unpaired) electrons. The van der Waals surface area contributed by atoms with E-state index in [4.69, 9.17) is 4.42 Å². The lowest BCUT2D eigenvalue weighted by atomic mass is 10.2. The molecule has 1 heterocycles. The van der Waals surface area contributed by atoms with Crippen molar-refractivity contribution in [3.63, 3.8) is 0 Å². The molecule has 3 rings (SSSR count). The predicted molar refractivity (Wildman–Crippen MR) is 88.9 cm³/mol. The molecule has 4 nitrogen and oxygen atoms in total. The van der Waals surface area contributed by atoms with Gasteiger partial charge in [-0.15, -0.1) is 10.2 Å². The molecule has 0 bridgehead atoms. The Morgan fingerprint density at radius 1 is 1.17 bits per heavy atom. The van der Waals surface area contributed by atoms with E-state index in [0.29, 0.717) is 22.2 Å². The maximum Gasteiger partial charge on any atom is 0.277 e. The fourth-order valence-corrected chi connectivity index (χ4v) is 2.91. The lowest BCUT2D eigenvalue weighted by Gasteiger charge is -1.99. The number of thioether (sulfide) groups is 1. The molecule has 0 saturated heterocycles. The number of halogens is 2. The monoisotopic (exact) mass is 392 g/mol. The third-order valence-electron chi connectivity index (χ3n) is 2.97. The lowest BCUT2D eigenvalue weighted by molar-refractivity contribution is 0.102. The summed E-state index contributed by atoms with van der Waals surface area (Å²) in [4.78, 5) is 12.1. The van der Waals surface area contributed by atoms with Gasteiger partial charge in [-0.2, -0.15) is 0 Å². The molecular formula is C16H10BrFN2O2S. The van der Waals surface area contributed by atoms with Gasteiger partial charge in [0.25, 0.3) is 5.22 Å². The third kappa shape index (κ3) is 4.05. The second-order valence-electron chi connectivity index (χ2n) is 4.60. The highest BCUT2D eigenvalue weighted by Crippen LogP contribution is 2.24. The van der Waals surface area contributed by atoms with Crippen molar-refractivity contribution >= 4 is 33.5 Å². The van der Waals surface area contributed by atoms with E-state index in [2.05, 4.69) is 26.1 Å². The van der Waals surface area contributed by atoms with Crippen LogP contribution in [0, 0.1) is 5.82 Å². The lowest BCUT2D eigenvalue weighted by Crippen LogP contribution is -2.02. The van der Waals surface area contributed by atoms with E-state index >= 15 is 0 Å². The molecule has 7 heteroatoms. The first-order chi connectivity index (χ1) is 11.1.